The number of hydrogen-bond donors (Lipinski definition) is 0. The van der Waals surface area contributed by atoms with Crippen LogP contribution in [-0.2, 0) is 5.41 Å². The quantitative estimate of drug-likeness (QED) is 0.181. The maximum absolute atomic E-state index is 5.26. The maximum Gasteiger partial charge on any atom is 0.160 e. The van der Waals surface area contributed by atoms with E-state index < -0.39 is 0 Å². The van der Waals surface area contributed by atoms with Gasteiger partial charge in [0.15, 0.2) is 5.82 Å². The fourth-order valence-electron chi connectivity index (χ4n) is 8.57. The predicted octanol–water partition coefficient (Wildman–Crippen LogP) is 13.4. The Kier molecular flexibility index (Phi) is 7.19. The molecule has 8 aromatic carbocycles. The van der Waals surface area contributed by atoms with Gasteiger partial charge in [0.2, 0.25) is 0 Å². The van der Waals surface area contributed by atoms with Crippen LogP contribution in [0.1, 0.15) is 25.0 Å². The lowest BCUT2D eigenvalue weighted by atomic mass is 9.80. The van der Waals surface area contributed by atoms with Crippen LogP contribution in [-0.4, -0.2) is 9.97 Å². The van der Waals surface area contributed by atoms with Gasteiger partial charge in [0.25, 0.3) is 0 Å². The molecule has 0 fully saturated rings. The van der Waals surface area contributed by atoms with Crippen LogP contribution in [0.15, 0.2) is 182 Å². The largest absolute Gasteiger partial charge is 0.228 e. The van der Waals surface area contributed by atoms with Crippen molar-refractivity contribution in [3.63, 3.8) is 0 Å². The van der Waals surface area contributed by atoms with Crippen LogP contribution in [0.3, 0.4) is 0 Å². The fraction of sp³-hybridized carbons (Fsp3) is 0.0588. The van der Waals surface area contributed by atoms with Crippen molar-refractivity contribution in [2.24, 2.45) is 0 Å². The van der Waals surface area contributed by atoms with E-state index in [0.29, 0.717) is 5.82 Å². The molecule has 10 rings (SSSR count). The molecule has 0 saturated heterocycles. The molecule has 1 heterocycles. The van der Waals surface area contributed by atoms with Crippen molar-refractivity contribution in [1.29, 1.82) is 0 Å². The van der Waals surface area contributed by atoms with Crippen molar-refractivity contribution in [2.75, 3.05) is 0 Å². The Balaban J connectivity index is 1.17. The molecule has 250 valence electrons. The van der Waals surface area contributed by atoms with Gasteiger partial charge in [-0.15, -0.1) is 0 Å². The van der Waals surface area contributed by atoms with E-state index in [1.54, 1.807) is 0 Å². The Morgan fingerprint density at radius 1 is 0.377 bits per heavy atom. The summed E-state index contributed by atoms with van der Waals surface area (Å²) in [4.78, 5) is 10.4. The molecule has 9 aromatic rings. The second-order valence-electron chi connectivity index (χ2n) is 14.5. The molecule has 2 heteroatoms. The smallest absolute Gasteiger partial charge is 0.160 e. The summed E-state index contributed by atoms with van der Waals surface area (Å²) >= 11 is 0. The summed E-state index contributed by atoms with van der Waals surface area (Å²) in [5.74, 6) is 0.711. The number of hydrogen-bond acceptors (Lipinski definition) is 2. The van der Waals surface area contributed by atoms with E-state index in [4.69, 9.17) is 9.97 Å². The Labute approximate surface area is 310 Å². The lowest BCUT2D eigenvalue weighted by molar-refractivity contribution is 0.666. The van der Waals surface area contributed by atoms with E-state index in [1.165, 1.54) is 60.5 Å². The maximum atomic E-state index is 5.26. The van der Waals surface area contributed by atoms with Gasteiger partial charge in [0.05, 0.1) is 11.4 Å². The van der Waals surface area contributed by atoms with Crippen LogP contribution >= 0.6 is 0 Å². The molecule has 1 aliphatic rings. The Hall–Kier alpha value is -6.64. The van der Waals surface area contributed by atoms with Gasteiger partial charge in [-0.2, -0.15) is 0 Å². The molecule has 2 nitrogen and oxygen atoms in total. The molecule has 0 N–H and O–H groups in total. The van der Waals surface area contributed by atoms with Crippen molar-refractivity contribution in [3.05, 3.63) is 193 Å². The molecule has 1 aromatic heterocycles. The highest BCUT2D eigenvalue weighted by Gasteiger charge is 2.38. The van der Waals surface area contributed by atoms with Crippen molar-refractivity contribution in [1.82, 2.24) is 9.97 Å². The van der Waals surface area contributed by atoms with Gasteiger partial charge in [-0.3, -0.25) is 0 Å². The lowest BCUT2D eigenvalue weighted by Crippen LogP contribution is -2.15. The third kappa shape index (κ3) is 5.10. The van der Waals surface area contributed by atoms with Crippen LogP contribution in [0.25, 0.3) is 88.8 Å². The summed E-state index contributed by atoms with van der Waals surface area (Å²) in [6, 6.07) is 65.3. The first kappa shape index (κ1) is 31.1. The number of nitrogens with zero attached hydrogens (tertiary/aromatic N) is 2. The normalized spacial score (nSPS) is 12.9. The molecule has 0 amide bonds. The minimum Gasteiger partial charge on any atom is -0.228 e. The van der Waals surface area contributed by atoms with Crippen LogP contribution in [0.5, 0.6) is 0 Å². The number of aromatic nitrogens is 2. The Morgan fingerprint density at radius 2 is 0.962 bits per heavy atom. The fourth-order valence-corrected chi connectivity index (χ4v) is 8.57. The van der Waals surface area contributed by atoms with Gasteiger partial charge >= 0.3 is 0 Å². The van der Waals surface area contributed by atoms with Gasteiger partial charge in [0, 0.05) is 22.1 Å². The van der Waals surface area contributed by atoms with E-state index in [2.05, 4.69) is 178 Å². The molecular formula is C51H36N2. The lowest BCUT2D eigenvalue weighted by Gasteiger charge is -2.23. The SMILES string of the molecule is CC1(C)c2cccc(-c3ccc(-c4cc(-c5cccc(-c6ccccc6)c5)nc(-c5ccccc5)n4)c4ccccc34)c2-c2ccc3ccccc3c21. The molecule has 0 atom stereocenters. The minimum atomic E-state index is -0.125. The van der Waals surface area contributed by atoms with Gasteiger partial charge in [0.1, 0.15) is 0 Å². The average Bonchev–Trinajstić information content (AvgIpc) is 3.47. The molecule has 0 unspecified atom stereocenters. The zero-order chi connectivity index (χ0) is 35.5. The second-order valence-corrected chi connectivity index (χ2v) is 14.5. The molecule has 0 saturated carbocycles. The standard InChI is InChI=1S/C51H36N2/c1-51(2)45-26-14-25-43(48(45)44-28-27-34-17-9-10-22-38(34)49(44)51)41-29-30-42(40-24-12-11-23-39(40)41)47-32-46(52-50(53-47)35-18-7-4-8-19-35)37-21-13-20-36(31-37)33-15-5-3-6-16-33/h3-32H,1-2H3. The number of rotatable bonds is 5. The highest BCUT2D eigenvalue weighted by atomic mass is 14.9. The molecule has 0 radical (unpaired) electrons. The first-order valence-corrected chi connectivity index (χ1v) is 18.3. The topological polar surface area (TPSA) is 25.8 Å². The van der Waals surface area contributed by atoms with E-state index in [-0.39, 0.29) is 5.41 Å². The summed E-state index contributed by atoms with van der Waals surface area (Å²) in [7, 11) is 0. The van der Waals surface area contributed by atoms with E-state index in [1.807, 2.05) is 18.2 Å². The minimum absolute atomic E-state index is 0.125. The third-order valence-electron chi connectivity index (χ3n) is 11.1. The highest BCUT2D eigenvalue weighted by Crippen LogP contribution is 2.55. The molecular weight excluding hydrogens is 641 g/mol. The average molecular weight is 677 g/mol. The third-order valence-corrected chi connectivity index (χ3v) is 11.1. The summed E-state index contributed by atoms with van der Waals surface area (Å²) in [6.45, 7) is 4.75. The molecule has 0 spiro atoms. The van der Waals surface area contributed by atoms with E-state index in [9.17, 15) is 0 Å². The zero-order valence-corrected chi connectivity index (χ0v) is 29.7. The van der Waals surface area contributed by atoms with Crippen molar-refractivity contribution in [3.8, 4) is 67.3 Å². The van der Waals surface area contributed by atoms with Crippen molar-refractivity contribution in [2.45, 2.75) is 19.3 Å². The van der Waals surface area contributed by atoms with E-state index >= 15 is 0 Å². The van der Waals surface area contributed by atoms with Crippen LogP contribution in [0.2, 0.25) is 0 Å². The summed E-state index contributed by atoms with van der Waals surface area (Å²) < 4.78 is 0. The summed E-state index contributed by atoms with van der Waals surface area (Å²) in [5.41, 5.74) is 15.1. The molecule has 0 aliphatic heterocycles. The molecule has 1 aliphatic carbocycles. The van der Waals surface area contributed by atoms with Crippen molar-refractivity contribution < 1.29 is 0 Å². The Bertz CT molecular complexity index is 2850. The van der Waals surface area contributed by atoms with Crippen molar-refractivity contribution >= 4 is 21.5 Å². The zero-order valence-electron chi connectivity index (χ0n) is 29.7. The van der Waals surface area contributed by atoms with Crippen LogP contribution < -0.4 is 0 Å². The first-order valence-electron chi connectivity index (χ1n) is 18.3. The van der Waals surface area contributed by atoms with Gasteiger partial charge in [-0.1, -0.05) is 184 Å². The number of fused-ring (bicyclic) bond motifs is 6. The van der Waals surface area contributed by atoms with E-state index in [0.717, 1.165) is 33.6 Å². The highest BCUT2D eigenvalue weighted by molar-refractivity contribution is 6.09. The number of benzene rings is 8. The summed E-state index contributed by atoms with van der Waals surface area (Å²) in [6.07, 6.45) is 0. The van der Waals surface area contributed by atoms with Crippen LogP contribution in [0, 0.1) is 0 Å². The second kappa shape index (κ2) is 12.3. The monoisotopic (exact) mass is 676 g/mol. The van der Waals surface area contributed by atoms with Gasteiger partial charge in [-0.25, -0.2) is 9.97 Å². The molecule has 53 heavy (non-hydrogen) atoms. The van der Waals surface area contributed by atoms with Gasteiger partial charge in [-0.05, 0) is 78.2 Å². The van der Waals surface area contributed by atoms with Gasteiger partial charge < -0.3 is 0 Å². The Morgan fingerprint density at radius 3 is 1.75 bits per heavy atom. The predicted molar refractivity (Wildman–Crippen MR) is 222 cm³/mol. The molecule has 0 bridgehead atoms. The summed E-state index contributed by atoms with van der Waals surface area (Å²) in [5, 5.41) is 4.99. The van der Waals surface area contributed by atoms with Crippen LogP contribution in [0.4, 0.5) is 0 Å². The first-order chi connectivity index (χ1) is 26.0.